The van der Waals surface area contributed by atoms with Gasteiger partial charge in [0.15, 0.2) is 0 Å². The summed E-state index contributed by atoms with van der Waals surface area (Å²) >= 11 is 2.00. The van der Waals surface area contributed by atoms with Crippen molar-refractivity contribution in [3.8, 4) is 0 Å². The van der Waals surface area contributed by atoms with Gasteiger partial charge >= 0.3 is 0 Å². The maximum Gasteiger partial charge on any atom is 0.0328 e. The summed E-state index contributed by atoms with van der Waals surface area (Å²) in [5.41, 5.74) is 0.605. The van der Waals surface area contributed by atoms with Crippen LogP contribution in [0.5, 0.6) is 0 Å². The van der Waals surface area contributed by atoms with E-state index < -0.39 is 0 Å². The maximum atomic E-state index is 3.61. The number of nitrogens with one attached hydrogen (secondary N) is 1. The Bertz CT molecular complexity index is 432. The second-order valence-electron chi connectivity index (χ2n) is 6.69. The van der Waals surface area contributed by atoms with Crippen LogP contribution in [-0.4, -0.2) is 24.0 Å². The van der Waals surface area contributed by atoms with Crippen molar-refractivity contribution >= 4 is 11.3 Å². The molecule has 0 atom stereocenters. The summed E-state index contributed by atoms with van der Waals surface area (Å²) in [7, 11) is 0. The molecular formula is C17H28N2S. The van der Waals surface area contributed by atoms with Gasteiger partial charge in [0.1, 0.15) is 0 Å². The molecule has 0 bridgehead atoms. The summed E-state index contributed by atoms with van der Waals surface area (Å²) in [4.78, 5) is 5.71. The lowest BCUT2D eigenvalue weighted by Crippen LogP contribution is -2.25. The molecule has 1 N–H and O–H groups in total. The van der Waals surface area contributed by atoms with Crippen molar-refractivity contribution in [3.05, 3.63) is 21.9 Å². The van der Waals surface area contributed by atoms with Crippen LogP contribution in [-0.2, 0) is 13.1 Å². The van der Waals surface area contributed by atoms with E-state index in [2.05, 4.69) is 36.2 Å². The second-order valence-corrected chi connectivity index (χ2v) is 7.94. The Morgan fingerprint density at radius 1 is 1.25 bits per heavy atom. The Hall–Kier alpha value is -0.380. The zero-order valence-electron chi connectivity index (χ0n) is 13.0. The predicted octanol–water partition coefficient (Wildman–Crippen LogP) is 4.01. The van der Waals surface area contributed by atoms with Gasteiger partial charge in [-0.05, 0) is 56.2 Å². The minimum atomic E-state index is 0.605. The maximum absolute atomic E-state index is 3.61. The molecule has 1 saturated heterocycles. The summed E-state index contributed by atoms with van der Waals surface area (Å²) in [6, 6.07) is 5.47. The second kappa shape index (κ2) is 6.17. The van der Waals surface area contributed by atoms with Gasteiger partial charge in [-0.1, -0.05) is 13.8 Å². The van der Waals surface area contributed by atoms with Crippen LogP contribution in [0.1, 0.15) is 55.7 Å². The fraction of sp³-hybridized carbons (Fsp3) is 0.765. The van der Waals surface area contributed by atoms with Gasteiger partial charge in [0.25, 0.3) is 0 Å². The van der Waals surface area contributed by atoms with Crippen LogP contribution in [0.3, 0.4) is 0 Å². The first kappa shape index (κ1) is 14.6. The molecule has 0 radical (unpaired) electrons. The molecule has 20 heavy (non-hydrogen) atoms. The van der Waals surface area contributed by atoms with Gasteiger partial charge in [-0.3, -0.25) is 4.90 Å². The van der Waals surface area contributed by atoms with Crippen LogP contribution in [0.15, 0.2) is 12.1 Å². The molecule has 0 amide bonds. The summed E-state index contributed by atoms with van der Waals surface area (Å²) in [6.45, 7) is 9.54. The van der Waals surface area contributed by atoms with Crippen LogP contribution >= 0.6 is 11.3 Å². The molecule has 2 nitrogen and oxygen atoms in total. The molecule has 3 heteroatoms. The average molecular weight is 292 g/mol. The molecule has 3 rings (SSSR count). The third-order valence-corrected chi connectivity index (χ3v) is 6.33. The molecule has 2 heterocycles. The third-order valence-electron chi connectivity index (χ3n) is 5.26. The summed E-state index contributed by atoms with van der Waals surface area (Å²) < 4.78 is 0. The Labute approximate surface area is 127 Å². The molecule has 1 saturated carbocycles. The molecule has 112 valence electrons. The van der Waals surface area contributed by atoms with Crippen molar-refractivity contribution in [2.24, 2.45) is 5.41 Å². The normalized spacial score (nSPS) is 22.5. The highest BCUT2D eigenvalue weighted by atomic mass is 32.1. The summed E-state index contributed by atoms with van der Waals surface area (Å²) in [5.74, 6) is 0. The minimum Gasteiger partial charge on any atom is -0.309 e. The Kier molecular flexibility index (Phi) is 4.49. The lowest BCUT2D eigenvalue weighted by molar-refractivity contribution is 0.237. The van der Waals surface area contributed by atoms with Crippen molar-refractivity contribution in [2.75, 3.05) is 13.1 Å². The van der Waals surface area contributed by atoms with E-state index in [1.807, 2.05) is 11.3 Å². The van der Waals surface area contributed by atoms with E-state index in [4.69, 9.17) is 0 Å². The number of likely N-dealkylation sites (tertiary alicyclic amines) is 1. The summed E-state index contributed by atoms with van der Waals surface area (Å²) in [5, 5.41) is 3.61. The molecule has 1 aromatic heterocycles. The van der Waals surface area contributed by atoms with Gasteiger partial charge in [0.2, 0.25) is 0 Å². The number of thiophene rings is 1. The molecule has 2 fully saturated rings. The van der Waals surface area contributed by atoms with Crippen molar-refractivity contribution < 1.29 is 0 Å². The number of rotatable bonds is 7. The van der Waals surface area contributed by atoms with Crippen molar-refractivity contribution in [2.45, 2.75) is 65.1 Å². The fourth-order valence-electron chi connectivity index (χ4n) is 3.34. The highest BCUT2D eigenvalue weighted by molar-refractivity contribution is 7.11. The smallest absolute Gasteiger partial charge is 0.0328 e. The Morgan fingerprint density at radius 2 is 2.00 bits per heavy atom. The molecular weight excluding hydrogens is 264 g/mol. The number of nitrogens with zero attached hydrogens (tertiary/aromatic N) is 1. The van der Waals surface area contributed by atoms with E-state index in [0.29, 0.717) is 5.41 Å². The molecule has 0 unspecified atom stereocenters. The van der Waals surface area contributed by atoms with Gasteiger partial charge < -0.3 is 5.32 Å². The molecule has 1 aliphatic heterocycles. The Balaban J connectivity index is 1.50. The van der Waals surface area contributed by atoms with Crippen molar-refractivity contribution in [3.63, 3.8) is 0 Å². The van der Waals surface area contributed by atoms with Gasteiger partial charge in [-0.2, -0.15) is 0 Å². The highest BCUT2D eigenvalue weighted by Gasteiger charge is 2.34. The predicted molar refractivity (Wildman–Crippen MR) is 87.1 cm³/mol. The molecule has 0 spiro atoms. The van der Waals surface area contributed by atoms with Crippen LogP contribution in [0.25, 0.3) is 0 Å². The number of hydrogen-bond donors (Lipinski definition) is 1. The molecule has 1 aromatic rings. The molecule has 1 aliphatic carbocycles. The van der Waals surface area contributed by atoms with Gasteiger partial charge in [-0.15, -0.1) is 11.3 Å². The molecule has 0 aromatic carbocycles. The first-order valence-corrected chi connectivity index (χ1v) is 9.08. The lowest BCUT2D eigenvalue weighted by atomic mass is 9.82. The van der Waals surface area contributed by atoms with Crippen LogP contribution in [0.2, 0.25) is 0 Å². The average Bonchev–Trinajstić information content (AvgIpc) is 3.05. The standard InChI is InChI=1S/C17H28N2S/c1-3-17(4-2)9-10-19(13-17)12-16-8-7-15(20-16)11-18-14-5-6-14/h7-8,14,18H,3-6,9-13H2,1-2H3. The topological polar surface area (TPSA) is 15.3 Å². The van der Waals surface area contributed by atoms with E-state index >= 15 is 0 Å². The van der Waals surface area contributed by atoms with Crippen LogP contribution in [0.4, 0.5) is 0 Å². The van der Waals surface area contributed by atoms with E-state index in [1.165, 1.54) is 50.1 Å². The molecule has 2 aliphatic rings. The van der Waals surface area contributed by atoms with Gasteiger partial charge in [0, 0.05) is 35.4 Å². The minimum absolute atomic E-state index is 0.605. The van der Waals surface area contributed by atoms with E-state index in [1.54, 1.807) is 4.88 Å². The van der Waals surface area contributed by atoms with Crippen molar-refractivity contribution in [1.29, 1.82) is 0 Å². The largest absolute Gasteiger partial charge is 0.309 e. The first-order chi connectivity index (χ1) is 9.73. The van der Waals surface area contributed by atoms with Crippen LogP contribution in [0, 0.1) is 5.41 Å². The zero-order chi connectivity index (χ0) is 14.0. The third kappa shape index (κ3) is 3.44. The van der Waals surface area contributed by atoms with Gasteiger partial charge in [0.05, 0.1) is 0 Å². The van der Waals surface area contributed by atoms with E-state index in [0.717, 1.165) is 19.1 Å². The fourth-order valence-corrected chi connectivity index (χ4v) is 4.36. The lowest BCUT2D eigenvalue weighted by Gasteiger charge is -2.26. The van der Waals surface area contributed by atoms with Gasteiger partial charge in [-0.25, -0.2) is 0 Å². The zero-order valence-corrected chi connectivity index (χ0v) is 13.8. The number of hydrogen-bond acceptors (Lipinski definition) is 3. The van der Waals surface area contributed by atoms with Crippen molar-refractivity contribution in [1.82, 2.24) is 10.2 Å². The highest BCUT2D eigenvalue weighted by Crippen LogP contribution is 2.37. The monoisotopic (exact) mass is 292 g/mol. The van der Waals surface area contributed by atoms with E-state index in [9.17, 15) is 0 Å². The first-order valence-electron chi connectivity index (χ1n) is 8.26. The SMILES string of the molecule is CCC1(CC)CCN(Cc2ccc(CNC3CC3)s2)C1. The van der Waals surface area contributed by atoms with E-state index in [-0.39, 0.29) is 0 Å². The van der Waals surface area contributed by atoms with Crippen LogP contribution < -0.4 is 5.32 Å². The summed E-state index contributed by atoms with van der Waals surface area (Å²) in [6.07, 6.45) is 6.81. The Morgan fingerprint density at radius 3 is 2.65 bits per heavy atom. The quantitative estimate of drug-likeness (QED) is 0.817.